The van der Waals surface area contributed by atoms with E-state index >= 15 is 0 Å². The molecule has 0 heterocycles. The molecule has 0 bridgehead atoms. The minimum atomic E-state index is -0.601. The number of hydrogen-bond donors (Lipinski definition) is 1. The molecule has 2 aromatic rings. The van der Waals surface area contributed by atoms with Crippen molar-refractivity contribution < 1.29 is 14.6 Å². The molecule has 3 nitrogen and oxygen atoms in total. The van der Waals surface area contributed by atoms with E-state index in [1.165, 1.54) is 5.56 Å². The van der Waals surface area contributed by atoms with Crippen molar-refractivity contribution in [3.63, 3.8) is 0 Å². The topological polar surface area (TPSA) is 38.7 Å². The summed E-state index contributed by atoms with van der Waals surface area (Å²) in [6.07, 6.45) is 1.63. The van der Waals surface area contributed by atoms with E-state index in [2.05, 4.69) is 18.7 Å². The molecule has 1 unspecified atom stereocenters. The van der Waals surface area contributed by atoms with Crippen LogP contribution in [0, 0.1) is 5.92 Å². The largest absolute Gasteiger partial charge is 0.497 e. The van der Waals surface area contributed by atoms with Gasteiger partial charge in [-0.2, -0.15) is 0 Å². The Balaban J connectivity index is 1.98. The number of aliphatic hydroxyl groups excluding tert-OH is 1. The van der Waals surface area contributed by atoms with Gasteiger partial charge in [-0.05, 0) is 36.6 Å². The van der Waals surface area contributed by atoms with Crippen LogP contribution in [0.4, 0.5) is 0 Å². The van der Waals surface area contributed by atoms with Crippen molar-refractivity contribution in [3.05, 3.63) is 78.4 Å². The Morgan fingerprint density at radius 1 is 1.04 bits per heavy atom. The zero-order chi connectivity index (χ0) is 17.4. The average Bonchev–Trinajstić information content (AvgIpc) is 2.64. The van der Waals surface area contributed by atoms with Gasteiger partial charge in [-0.3, -0.25) is 0 Å². The second-order valence-electron chi connectivity index (χ2n) is 5.94. The summed E-state index contributed by atoms with van der Waals surface area (Å²) in [6.45, 7) is 6.23. The quantitative estimate of drug-likeness (QED) is 0.708. The van der Waals surface area contributed by atoms with Crippen LogP contribution < -0.4 is 4.74 Å². The summed E-state index contributed by atoms with van der Waals surface area (Å²) in [5.41, 5.74) is 2.26. The summed E-state index contributed by atoms with van der Waals surface area (Å²) in [4.78, 5) is 0. The molecule has 3 atom stereocenters. The van der Waals surface area contributed by atoms with Gasteiger partial charge < -0.3 is 14.6 Å². The summed E-state index contributed by atoms with van der Waals surface area (Å²) in [7, 11) is 1.65. The molecule has 3 heteroatoms. The molecule has 24 heavy (non-hydrogen) atoms. The van der Waals surface area contributed by atoms with Crippen LogP contribution in [0.15, 0.2) is 67.3 Å². The summed E-state index contributed by atoms with van der Waals surface area (Å²) in [5.74, 6) is 0.791. The Labute approximate surface area is 144 Å². The highest BCUT2D eigenvalue weighted by Crippen LogP contribution is 2.21. The maximum atomic E-state index is 10.3. The van der Waals surface area contributed by atoms with E-state index in [9.17, 15) is 5.11 Å². The second-order valence-corrected chi connectivity index (χ2v) is 5.94. The first-order chi connectivity index (χ1) is 11.6. The third-order valence-corrected chi connectivity index (χ3v) is 4.27. The SMILES string of the molecule is C=C[C@@H](O)[C@@H](Cc1ccccc1)C(C)OCc1ccc(OC)cc1. The lowest BCUT2D eigenvalue weighted by atomic mass is 9.89. The lowest BCUT2D eigenvalue weighted by Gasteiger charge is -2.27. The standard InChI is InChI=1S/C21H26O3/c1-4-21(22)20(14-17-8-6-5-7-9-17)16(2)24-15-18-10-12-19(23-3)13-11-18/h4-13,16,20-22H,1,14-15H2,2-3H3/t16?,20-,21+/m0/s1. The number of aliphatic hydroxyl groups is 1. The summed E-state index contributed by atoms with van der Waals surface area (Å²) < 4.78 is 11.2. The highest BCUT2D eigenvalue weighted by atomic mass is 16.5. The molecule has 2 rings (SSSR count). The maximum absolute atomic E-state index is 10.3. The number of benzene rings is 2. The highest BCUT2D eigenvalue weighted by Gasteiger charge is 2.24. The summed E-state index contributed by atoms with van der Waals surface area (Å²) >= 11 is 0. The van der Waals surface area contributed by atoms with Gasteiger partial charge in [0.1, 0.15) is 5.75 Å². The molecule has 0 aliphatic heterocycles. The number of methoxy groups -OCH3 is 1. The van der Waals surface area contributed by atoms with E-state index < -0.39 is 6.10 Å². The lowest BCUT2D eigenvalue weighted by molar-refractivity contribution is -0.0218. The number of hydrogen-bond acceptors (Lipinski definition) is 3. The molecule has 0 aromatic heterocycles. The fourth-order valence-corrected chi connectivity index (χ4v) is 2.70. The van der Waals surface area contributed by atoms with Gasteiger partial charge >= 0.3 is 0 Å². The molecule has 0 amide bonds. The predicted molar refractivity (Wildman–Crippen MR) is 97.1 cm³/mol. The van der Waals surface area contributed by atoms with Gasteiger partial charge in [0, 0.05) is 5.92 Å². The minimum Gasteiger partial charge on any atom is -0.497 e. The number of ether oxygens (including phenoxy) is 2. The van der Waals surface area contributed by atoms with Crippen molar-refractivity contribution in [2.75, 3.05) is 7.11 Å². The third kappa shape index (κ3) is 5.22. The van der Waals surface area contributed by atoms with Crippen LogP contribution in [-0.4, -0.2) is 24.4 Å². The van der Waals surface area contributed by atoms with Gasteiger partial charge in [0.2, 0.25) is 0 Å². The van der Waals surface area contributed by atoms with Gasteiger partial charge in [-0.25, -0.2) is 0 Å². The van der Waals surface area contributed by atoms with E-state index in [1.807, 2.05) is 49.4 Å². The molecule has 2 aromatic carbocycles. The first kappa shape index (κ1) is 18.2. The van der Waals surface area contributed by atoms with Gasteiger partial charge in [-0.15, -0.1) is 6.58 Å². The molecular formula is C21H26O3. The van der Waals surface area contributed by atoms with Crippen molar-refractivity contribution in [3.8, 4) is 5.75 Å². The van der Waals surface area contributed by atoms with E-state index in [0.29, 0.717) is 6.61 Å². The van der Waals surface area contributed by atoms with Gasteiger partial charge in [0.05, 0.1) is 25.9 Å². The molecule has 1 N–H and O–H groups in total. The van der Waals surface area contributed by atoms with Crippen LogP contribution >= 0.6 is 0 Å². The fraction of sp³-hybridized carbons (Fsp3) is 0.333. The summed E-state index contributed by atoms with van der Waals surface area (Å²) in [5, 5.41) is 10.3. The van der Waals surface area contributed by atoms with E-state index in [-0.39, 0.29) is 12.0 Å². The normalized spacial score (nSPS) is 14.6. The first-order valence-corrected chi connectivity index (χ1v) is 8.23. The Morgan fingerprint density at radius 2 is 1.71 bits per heavy atom. The number of rotatable bonds is 9. The van der Waals surface area contributed by atoms with Crippen LogP contribution in [0.25, 0.3) is 0 Å². The minimum absolute atomic E-state index is 0.0388. The smallest absolute Gasteiger partial charge is 0.118 e. The highest BCUT2D eigenvalue weighted by molar-refractivity contribution is 5.26. The van der Waals surface area contributed by atoms with Crippen molar-refractivity contribution in [1.82, 2.24) is 0 Å². The van der Waals surface area contributed by atoms with E-state index in [4.69, 9.17) is 9.47 Å². The average molecular weight is 326 g/mol. The molecule has 0 radical (unpaired) electrons. The van der Waals surface area contributed by atoms with Crippen LogP contribution in [0.2, 0.25) is 0 Å². The van der Waals surface area contributed by atoms with Crippen molar-refractivity contribution in [2.45, 2.75) is 32.2 Å². The van der Waals surface area contributed by atoms with Crippen LogP contribution in [-0.2, 0) is 17.8 Å². The van der Waals surface area contributed by atoms with Gasteiger partial charge in [0.15, 0.2) is 0 Å². The molecule has 0 saturated carbocycles. The van der Waals surface area contributed by atoms with Crippen molar-refractivity contribution in [2.24, 2.45) is 5.92 Å². The van der Waals surface area contributed by atoms with Gasteiger partial charge in [0.25, 0.3) is 0 Å². The Morgan fingerprint density at radius 3 is 2.29 bits per heavy atom. The molecule has 128 valence electrons. The molecule has 0 aliphatic carbocycles. The molecular weight excluding hydrogens is 300 g/mol. The third-order valence-electron chi connectivity index (χ3n) is 4.27. The second kappa shape index (κ2) is 9.26. The molecule has 0 fully saturated rings. The van der Waals surface area contributed by atoms with Crippen LogP contribution in [0.5, 0.6) is 5.75 Å². The van der Waals surface area contributed by atoms with Crippen LogP contribution in [0.3, 0.4) is 0 Å². The predicted octanol–water partition coefficient (Wildman–Crippen LogP) is 4.01. The van der Waals surface area contributed by atoms with E-state index in [0.717, 1.165) is 17.7 Å². The first-order valence-electron chi connectivity index (χ1n) is 8.23. The Bertz CT molecular complexity index is 607. The fourth-order valence-electron chi connectivity index (χ4n) is 2.70. The lowest BCUT2D eigenvalue weighted by Crippen LogP contribution is -2.32. The van der Waals surface area contributed by atoms with Crippen LogP contribution in [0.1, 0.15) is 18.1 Å². The molecule has 0 aliphatic rings. The summed E-state index contributed by atoms with van der Waals surface area (Å²) in [6, 6.07) is 18.0. The zero-order valence-electron chi connectivity index (χ0n) is 14.4. The van der Waals surface area contributed by atoms with Crippen molar-refractivity contribution in [1.29, 1.82) is 0 Å². The zero-order valence-corrected chi connectivity index (χ0v) is 14.4. The Kier molecular flexibility index (Phi) is 7.04. The van der Waals surface area contributed by atoms with Gasteiger partial charge in [-0.1, -0.05) is 48.5 Å². The molecule has 0 spiro atoms. The van der Waals surface area contributed by atoms with Crippen molar-refractivity contribution >= 4 is 0 Å². The maximum Gasteiger partial charge on any atom is 0.118 e. The molecule has 0 saturated heterocycles. The van der Waals surface area contributed by atoms with E-state index in [1.54, 1.807) is 13.2 Å². The Hall–Kier alpha value is -2.10. The monoisotopic (exact) mass is 326 g/mol.